The van der Waals surface area contributed by atoms with Crippen molar-refractivity contribution in [2.45, 2.75) is 37.3 Å². The molecule has 0 fully saturated rings. The number of rotatable bonds is 10. The molecule has 1 aliphatic rings. The van der Waals surface area contributed by atoms with E-state index in [0.717, 1.165) is 67.5 Å². The minimum Gasteiger partial charge on any atom is -0.503 e. The second-order valence-corrected chi connectivity index (χ2v) is 11.1. The van der Waals surface area contributed by atoms with E-state index >= 15 is 0 Å². The number of nitrogens with zero attached hydrogens (tertiary/aromatic N) is 2. The van der Waals surface area contributed by atoms with Crippen molar-refractivity contribution in [3.05, 3.63) is 17.2 Å². The second kappa shape index (κ2) is 11.4. The molecule has 1 heterocycles. The lowest BCUT2D eigenvalue weighted by Gasteiger charge is -2.29. The van der Waals surface area contributed by atoms with Crippen molar-refractivity contribution in [2.75, 3.05) is 68.9 Å². The van der Waals surface area contributed by atoms with Crippen LogP contribution in [0.2, 0.25) is 0 Å². The van der Waals surface area contributed by atoms with Crippen molar-refractivity contribution >= 4 is 35.3 Å². The van der Waals surface area contributed by atoms with Crippen LogP contribution in [-0.2, 0) is 12.8 Å². The lowest BCUT2D eigenvalue weighted by atomic mass is 10.1. The van der Waals surface area contributed by atoms with Gasteiger partial charge in [-0.2, -0.15) is 0 Å². The Labute approximate surface area is 210 Å². The smallest absolute Gasteiger partial charge is 0.177 e. The fourth-order valence-electron chi connectivity index (χ4n) is 3.79. The van der Waals surface area contributed by atoms with Crippen molar-refractivity contribution in [1.29, 1.82) is 0 Å². The maximum absolute atomic E-state index is 11.1. The molecule has 2 aromatic carbocycles. The Morgan fingerprint density at radius 3 is 1.97 bits per heavy atom. The number of hydrogen-bond donors (Lipinski definition) is 1. The van der Waals surface area contributed by atoms with Gasteiger partial charge in [0.25, 0.3) is 0 Å². The highest BCUT2D eigenvalue weighted by molar-refractivity contribution is 8.05. The molecule has 0 atom stereocenters. The van der Waals surface area contributed by atoms with E-state index in [-0.39, 0.29) is 5.75 Å². The first-order chi connectivity index (χ1) is 15.8. The topological polar surface area (TPSA) is 54.4 Å². The molecule has 3 rings (SSSR count). The lowest BCUT2D eigenvalue weighted by molar-refractivity contribution is 0.336. The zero-order valence-corrected chi connectivity index (χ0v) is 23.1. The zero-order valence-electron chi connectivity index (χ0n) is 20.7. The number of methoxy groups -OCH3 is 3. The van der Waals surface area contributed by atoms with Crippen molar-refractivity contribution in [3.63, 3.8) is 0 Å². The quantitative estimate of drug-likeness (QED) is 0.381. The standard InChI is InChI=1S/C24H34N2O4S3/c1-25(2)11-9-14-13-16(28-5)17(27)23-20(14)32-24-19(30-7)18(29-6)21(31-8)15(22(24)33-23)10-12-26(3)4/h13,27H,9-12H2,1-8H3. The van der Waals surface area contributed by atoms with E-state index in [1.807, 2.05) is 6.07 Å². The third kappa shape index (κ3) is 5.32. The van der Waals surface area contributed by atoms with Crippen LogP contribution in [0.4, 0.5) is 0 Å². The van der Waals surface area contributed by atoms with Gasteiger partial charge < -0.3 is 29.1 Å². The highest BCUT2D eigenvalue weighted by atomic mass is 32.2. The van der Waals surface area contributed by atoms with Crippen LogP contribution in [-0.4, -0.2) is 83.8 Å². The van der Waals surface area contributed by atoms with Gasteiger partial charge in [-0.05, 0) is 64.5 Å². The Morgan fingerprint density at radius 2 is 1.42 bits per heavy atom. The Bertz CT molecular complexity index is 1010. The fraction of sp³-hybridized carbons (Fsp3) is 0.500. The molecule has 182 valence electrons. The molecule has 33 heavy (non-hydrogen) atoms. The highest BCUT2D eigenvalue weighted by Gasteiger charge is 2.33. The van der Waals surface area contributed by atoms with E-state index in [2.05, 4.69) is 44.2 Å². The molecular weight excluding hydrogens is 476 g/mol. The summed E-state index contributed by atoms with van der Waals surface area (Å²) >= 11 is 4.94. The first-order valence-electron chi connectivity index (χ1n) is 10.7. The van der Waals surface area contributed by atoms with Gasteiger partial charge in [-0.1, -0.05) is 23.5 Å². The molecule has 0 aromatic heterocycles. The summed E-state index contributed by atoms with van der Waals surface area (Å²) in [6, 6.07) is 1.96. The molecule has 0 saturated carbocycles. The number of hydrogen-bond acceptors (Lipinski definition) is 9. The van der Waals surface area contributed by atoms with Crippen LogP contribution in [0.1, 0.15) is 11.1 Å². The highest BCUT2D eigenvalue weighted by Crippen LogP contribution is 2.62. The summed E-state index contributed by atoms with van der Waals surface area (Å²) < 4.78 is 17.3. The number of fused-ring (bicyclic) bond motifs is 2. The maximum atomic E-state index is 11.1. The minimum absolute atomic E-state index is 0.197. The average Bonchev–Trinajstić information content (AvgIpc) is 2.79. The number of phenols is 1. The summed E-state index contributed by atoms with van der Waals surface area (Å²) in [6.45, 7) is 1.81. The van der Waals surface area contributed by atoms with Crippen LogP contribution in [0.3, 0.4) is 0 Å². The first-order valence-corrected chi connectivity index (χ1v) is 13.6. The second-order valence-electron chi connectivity index (χ2n) is 8.29. The fourth-order valence-corrected chi connectivity index (χ4v) is 7.47. The number of likely N-dealkylation sites (N-methyl/N-ethyl adjacent to an activating group) is 2. The van der Waals surface area contributed by atoms with E-state index < -0.39 is 0 Å². The summed E-state index contributed by atoms with van der Waals surface area (Å²) in [7, 11) is 13.3. The normalized spacial score (nSPS) is 12.7. The molecule has 1 aliphatic heterocycles. The third-order valence-electron chi connectivity index (χ3n) is 5.50. The SMILES string of the molecule is COc1cc(CCN(C)C)c2c(c1O)Sc1c(CCN(C)C)c(SC)c(OC)c(OC)c1S2. The van der Waals surface area contributed by atoms with Crippen molar-refractivity contribution < 1.29 is 19.3 Å². The first kappa shape index (κ1) is 26.2. The van der Waals surface area contributed by atoms with Crippen LogP contribution >= 0.6 is 35.3 Å². The summed E-state index contributed by atoms with van der Waals surface area (Å²) in [5.41, 5.74) is 2.38. The van der Waals surface area contributed by atoms with Crippen LogP contribution in [0, 0.1) is 0 Å². The third-order valence-corrected chi connectivity index (χ3v) is 9.12. The van der Waals surface area contributed by atoms with Gasteiger partial charge in [0.15, 0.2) is 23.0 Å². The molecular formula is C24H34N2O4S3. The molecule has 0 amide bonds. The van der Waals surface area contributed by atoms with Gasteiger partial charge in [0.2, 0.25) is 0 Å². The van der Waals surface area contributed by atoms with Gasteiger partial charge in [-0.25, -0.2) is 0 Å². The average molecular weight is 511 g/mol. The zero-order chi connectivity index (χ0) is 24.3. The van der Waals surface area contributed by atoms with Gasteiger partial charge in [-0.15, -0.1) is 11.8 Å². The van der Waals surface area contributed by atoms with E-state index in [1.54, 1.807) is 56.6 Å². The summed E-state index contributed by atoms with van der Waals surface area (Å²) in [5.74, 6) is 2.24. The summed E-state index contributed by atoms with van der Waals surface area (Å²) in [4.78, 5) is 9.51. The number of ether oxygens (including phenoxy) is 3. The maximum Gasteiger partial charge on any atom is 0.177 e. The molecule has 2 aromatic rings. The van der Waals surface area contributed by atoms with Crippen LogP contribution in [0.5, 0.6) is 23.0 Å². The van der Waals surface area contributed by atoms with Crippen molar-refractivity contribution in [2.24, 2.45) is 0 Å². The lowest BCUT2D eigenvalue weighted by Crippen LogP contribution is -2.17. The van der Waals surface area contributed by atoms with Gasteiger partial charge in [-0.3, -0.25) is 0 Å². The Balaban J connectivity index is 2.25. The monoisotopic (exact) mass is 510 g/mol. The molecule has 0 aliphatic carbocycles. The Kier molecular flexibility index (Phi) is 9.02. The van der Waals surface area contributed by atoms with Gasteiger partial charge >= 0.3 is 0 Å². The molecule has 1 N–H and O–H groups in total. The molecule has 0 spiro atoms. The van der Waals surface area contributed by atoms with E-state index in [4.69, 9.17) is 14.2 Å². The minimum atomic E-state index is 0.197. The van der Waals surface area contributed by atoms with E-state index in [1.165, 1.54) is 5.56 Å². The molecule has 0 radical (unpaired) electrons. The number of thioether (sulfide) groups is 1. The van der Waals surface area contributed by atoms with Gasteiger partial charge in [0.05, 0.1) is 36.0 Å². The number of aromatic hydroxyl groups is 1. The molecule has 0 unspecified atom stereocenters. The van der Waals surface area contributed by atoms with Crippen LogP contribution < -0.4 is 14.2 Å². The van der Waals surface area contributed by atoms with E-state index in [0.29, 0.717) is 5.75 Å². The Morgan fingerprint density at radius 1 is 0.818 bits per heavy atom. The van der Waals surface area contributed by atoms with Crippen LogP contribution in [0.25, 0.3) is 0 Å². The van der Waals surface area contributed by atoms with Crippen molar-refractivity contribution in [3.8, 4) is 23.0 Å². The predicted molar refractivity (Wildman–Crippen MR) is 139 cm³/mol. The number of benzene rings is 2. The summed E-state index contributed by atoms with van der Waals surface area (Å²) in [5, 5.41) is 11.1. The Hall–Kier alpha value is -1.39. The van der Waals surface area contributed by atoms with Gasteiger partial charge in [0.1, 0.15) is 0 Å². The number of phenolic OH excluding ortho intramolecular Hbond substituents is 1. The largest absolute Gasteiger partial charge is 0.503 e. The molecule has 0 bridgehead atoms. The van der Waals surface area contributed by atoms with E-state index in [9.17, 15) is 5.11 Å². The molecule has 6 nitrogen and oxygen atoms in total. The molecule has 0 saturated heterocycles. The molecule has 9 heteroatoms. The van der Waals surface area contributed by atoms with Gasteiger partial charge in [0, 0.05) is 22.9 Å². The predicted octanol–water partition coefficient (Wildman–Crippen LogP) is 4.96. The van der Waals surface area contributed by atoms with Crippen molar-refractivity contribution in [1.82, 2.24) is 9.80 Å². The van der Waals surface area contributed by atoms with Crippen LogP contribution in [0.15, 0.2) is 30.5 Å². The summed E-state index contributed by atoms with van der Waals surface area (Å²) in [6.07, 6.45) is 3.79.